The summed E-state index contributed by atoms with van der Waals surface area (Å²) < 4.78 is 42.7. The summed E-state index contributed by atoms with van der Waals surface area (Å²) in [4.78, 5) is 6.28. The maximum Gasteiger partial charge on any atom is 0.240 e. The number of allylic oxidation sites excluding steroid dienone is 2. The van der Waals surface area contributed by atoms with Gasteiger partial charge in [-0.3, -0.25) is 0 Å². The first-order chi connectivity index (χ1) is 18.0. The summed E-state index contributed by atoms with van der Waals surface area (Å²) in [5, 5.41) is 9.12. The van der Waals surface area contributed by atoms with Gasteiger partial charge < -0.3 is 9.94 Å². The predicted octanol–water partition coefficient (Wildman–Crippen LogP) is 6.46. The average molecular weight is 582 g/mol. The minimum Gasteiger partial charge on any atom is -0.406 e. The van der Waals surface area contributed by atoms with Gasteiger partial charge in [-0.1, -0.05) is 54.4 Å². The van der Waals surface area contributed by atoms with E-state index in [1.807, 2.05) is 26.0 Å². The van der Waals surface area contributed by atoms with Crippen LogP contribution in [0.5, 0.6) is 0 Å². The largest absolute Gasteiger partial charge is 0.406 e. The van der Waals surface area contributed by atoms with E-state index in [2.05, 4.69) is 11.3 Å². The van der Waals surface area contributed by atoms with Gasteiger partial charge in [-0.25, -0.2) is 17.5 Å². The molecular weight excluding hydrogens is 550 g/mol. The third-order valence-electron chi connectivity index (χ3n) is 6.05. The summed E-state index contributed by atoms with van der Waals surface area (Å²) in [7, 11) is -3.71. The summed E-state index contributed by atoms with van der Waals surface area (Å²) in [5.74, 6) is -0.582. The Morgan fingerprint density at radius 2 is 1.89 bits per heavy atom. The lowest BCUT2D eigenvalue weighted by atomic mass is 10.0. The van der Waals surface area contributed by atoms with E-state index in [1.54, 1.807) is 30.0 Å². The van der Waals surface area contributed by atoms with Gasteiger partial charge in [-0.05, 0) is 79.8 Å². The Morgan fingerprint density at radius 1 is 1.21 bits per heavy atom. The van der Waals surface area contributed by atoms with Crippen molar-refractivity contribution in [2.24, 2.45) is 0 Å². The third-order valence-corrected chi connectivity index (χ3v) is 8.24. The second-order valence-corrected chi connectivity index (χ2v) is 11.4. The van der Waals surface area contributed by atoms with Crippen LogP contribution in [0.3, 0.4) is 0 Å². The monoisotopic (exact) mass is 580 g/mol. The summed E-state index contributed by atoms with van der Waals surface area (Å²) >= 11 is 12.5. The first-order valence-electron chi connectivity index (χ1n) is 12.0. The van der Waals surface area contributed by atoms with Crippen molar-refractivity contribution in [1.82, 2.24) is 9.45 Å². The number of rotatable bonds is 12. The van der Waals surface area contributed by atoms with E-state index >= 15 is 0 Å². The molecule has 38 heavy (non-hydrogen) atoms. The first kappa shape index (κ1) is 29.9. The molecule has 1 aromatic heterocycles. The Kier molecular flexibility index (Phi) is 10.2. The lowest BCUT2D eigenvalue weighted by molar-refractivity contribution is 0.0470. The Labute approximate surface area is 233 Å². The van der Waals surface area contributed by atoms with Gasteiger partial charge in [0.05, 0.1) is 22.2 Å². The molecular formula is C28H31Cl2FN2O4S. The van der Waals surface area contributed by atoms with Crippen molar-refractivity contribution in [1.29, 1.82) is 0 Å². The SMILES string of the molecule is C=C(CC)Cc1ccn(OC(C)c2c(Cl)ccc(F)c2Cl)c1C=C(C)c1ccc(S(=O)(=O)NCCO)cc1. The molecule has 3 aromatic rings. The molecule has 0 amide bonds. The Hall–Kier alpha value is -2.62. The smallest absolute Gasteiger partial charge is 0.240 e. The molecule has 0 aliphatic heterocycles. The fourth-order valence-electron chi connectivity index (χ4n) is 3.84. The highest BCUT2D eigenvalue weighted by molar-refractivity contribution is 7.89. The van der Waals surface area contributed by atoms with E-state index in [-0.39, 0.29) is 23.1 Å². The van der Waals surface area contributed by atoms with Gasteiger partial charge in [0.2, 0.25) is 10.0 Å². The molecule has 0 spiro atoms. The highest BCUT2D eigenvalue weighted by atomic mass is 35.5. The fraction of sp³-hybridized carbons (Fsp3) is 0.286. The lowest BCUT2D eigenvalue weighted by Crippen LogP contribution is -2.26. The number of nitrogens with one attached hydrogen (secondary N) is 1. The Bertz CT molecular complexity index is 1430. The summed E-state index contributed by atoms with van der Waals surface area (Å²) in [6, 6.07) is 11.0. The molecule has 3 rings (SSSR count). The minimum atomic E-state index is -3.71. The summed E-state index contributed by atoms with van der Waals surface area (Å²) in [5.41, 5.74) is 4.80. The van der Waals surface area contributed by atoms with Crippen molar-refractivity contribution in [3.8, 4) is 0 Å². The van der Waals surface area contributed by atoms with Gasteiger partial charge in [0.25, 0.3) is 0 Å². The molecule has 0 fully saturated rings. The molecule has 10 heteroatoms. The van der Waals surface area contributed by atoms with Crippen LogP contribution in [0.2, 0.25) is 10.0 Å². The molecule has 1 unspecified atom stereocenters. The van der Waals surface area contributed by atoms with Gasteiger partial charge >= 0.3 is 0 Å². The number of hydrogen-bond donors (Lipinski definition) is 2. The number of hydrogen-bond acceptors (Lipinski definition) is 4. The highest BCUT2D eigenvalue weighted by Gasteiger charge is 2.21. The molecule has 2 aromatic carbocycles. The number of aliphatic hydroxyl groups is 1. The maximum atomic E-state index is 14.1. The normalized spacial score (nSPS) is 13.0. The van der Waals surface area contributed by atoms with Crippen LogP contribution in [-0.2, 0) is 16.4 Å². The Morgan fingerprint density at radius 3 is 2.53 bits per heavy atom. The summed E-state index contributed by atoms with van der Waals surface area (Å²) in [6.07, 6.45) is 4.50. The lowest BCUT2D eigenvalue weighted by Gasteiger charge is -2.20. The second-order valence-electron chi connectivity index (χ2n) is 8.81. The predicted molar refractivity (Wildman–Crippen MR) is 151 cm³/mol. The molecule has 0 saturated carbocycles. The zero-order chi connectivity index (χ0) is 28.0. The van der Waals surface area contributed by atoms with Crippen LogP contribution in [0.1, 0.15) is 55.7 Å². The van der Waals surface area contributed by atoms with E-state index < -0.39 is 21.9 Å². The minimum absolute atomic E-state index is 0.0592. The average Bonchev–Trinajstić information content (AvgIpc) is 3.25. The van der Waals surface area contributed by atoms with Crippen molar-refractivity contribution < 1.29 is 22.8 Å². The van der Waals surface area contributed by atoms with Crippen LogP contribution in [0, 0.1) is 5.82 Å². The third kappa shape index (κ3) is 7.07. The molecule has 0 saturated heterocycles. The van der Waals surface area contributed by atoms with E-state index in [9.17, 15) is 12.8 Å². The van der Waals surface area contributed by atoms with Gasteiger partial charge in [-0.2, -0.15) is 4.73 Å². The molecule has 2 N–H and O–H groups in total. The Balaban J connectivity index is 1.97. The van der Waals surface area contributed by atoms with E-state index in [0.717, 1.165) is 34.4 Å². The fourth-order valence-corrected chi connectivity index (χ4v) is 5.54. The molecule has 1 heterocycles. The molecule has 0 aliphatic rings. The number of aromatic nitrogens is 1. The van der Waals surface area contributed by atoms with E-state index in [1.165, 1.54) is 24.3 Å². The number of benzene rings is 2. The van der Waals surface area contributed by atoms with Gasteiger partial charge in [0.15, 0.2) is 6.10 Å². The molecule has 6 nitrogen and oxygen atoms in total. The molecule has 0 aliphatic carbocycles. The van der Waals surface area contributed by atoms with Crippen LogP contribution in [0.25, 0.3) is 11.6 Å². The van der Waals surface area contributed by atoms with Gasteiger partial charge in [0.1, 0.15) is 5.82 Å². The number of sulfonamides is 1. The zero-order valence-electron chi connectivity index (χ0n) is 21.5. The first-order valence-corrected chi connectivity index (χ1v) is 14.3. The van der Waals surface area contributed by atoms with Crippen molar-refractivity contribution in [2.45, 2.75) is 44.6 Å². The van der Waals surface area contributed by atoms with Crippen LogP contribution in [0.4, 0.5) is 4.39 Å². The van der Waals surface area contributed by atoms with Crippen LogP contribution >= 0.6 is 23.2 Å². The molecule has 204 valence electrons. The number of halogens is 3. The van der Waals surface area contributed by atoms with Crippen molar-refractivity contribution in [2.75, 3.05) is 13.2 Å². The highest BCUT2D eigenvalue weighted by Crippen LogP contribution is 2.34. The van der Waals surface area contributed by atoms with Gasteiger partial charge in [-0.15, -0.1) is 0 Å². The van der Waals surface area contributed by atoms with Gasteiger partial charge in [0, 0.05) is 23.3 Å². The number of aliphatic hydroxyl groups excluding tert-OH is 1. The number of nitrogens with zero attached hydrogens (tertiary/aromatic N) is 1. The van der Waals surface area contributed by atoms with Crippen LogP contribution in [0.15, 0.2) is 65.7 Å². The standard InChI is InChI=1S/C28H31Cl2FN2O4S/c1-5-18(2)16-22-12-14-33(37-20(4)27-24(29)10-11-25(31)28(27)30)26(22)17-19(3)21-6-8-23(9-7-21)38(35,36)32-13-15-34/h6-12,14,17,20,32,34H,2,5,13,15-16H2,1,3-4H3. The van der Waals surface area contributed by atoms with Crippen molar-refractivity contribution in [3.63, 3.8) is 0 Å². The van der Waals surface area contributed by atoms with E-state index in [0.29, 0.717) is 17.0 Å². The molecule has 0 radical (unpaired) electrons. The van der Waals surface area contributed by atoms with Crippen molar-refractivity contribution in [3.05, 3.63) is 99.1 Å². The molecule has 0 bridgehead atoms. The maximum absolute atomic E-state index is 14.1. The van der Waals surface area contributed by atoms with Crippen LogP contribution < -0.4 is 9.56 Å². The topological polar surface area (TPSA) is 80.6 Å². The quantitative estimate of drug-likeness (QED) is 0.190. The van der Waals surface area contributed by atoms with E-state index in [4.69, 9.17) is 33.1 Å². The zero-order valence-corrected chi connectivity index (χ0v) is 23.8. The molecule has 1 atom stereocenters. The summed E-state index contributed by atoms with van der Waals surface area (Å²) in [6.45, 7) is 9.47. The van der Waals surface area contributed by atoms with Crippen LogP contribution in [-0.4, -0.2) is 31.4 Å². The second kappa shape index (κ2) is 13.0. The van der Waals surface area contributed by atoms with Crippen molar-refractivity contribution >= 4 is 44.9 Å².